The maximum Gasteiger partial charge on any atom is 0.243 e. The van der Waals surface area contributed by atoms with E-state index in [0.29, 0.717) is 18.3 Å². The summed E-state index contributed by atoms with van der Waals surface area (Å²) in [5, 5.41) is 0. The molecule has 1 aliphatic carbocycles. The number of nitrogens with one attached hydrogen (secondary N) is 1. The summed E-state index contributed by atoms with van der Waals surface area (Å²) in [5.41, 5.74) is 0. The van der Waals surface area contributed by atoms with Crippen LogP contribution in [0.3, 0.4) is 0 Å². The van der Waals surface area contributed by atoms with E-state index in [1.165, 1.54) is 18.2 Å². The predicted molar refractivity (Wildman–Crippen MR) is 73.1 cm³/mol. The summed E-state index contributed by atoms with van der Waals surface area (Å²) in [6.07, 6.45) is 3.08. The summed E-state index contributed by atoms with van der Waals surface area (Å²) >= 11 is 5.86. The zero-order valence-electron chi connectivity index (χ0n) is 10.5. The van der Waals surface area contributed by atoms with Gasteiger partial charge in [0.2, 0.25) is 10.0 Å². The van der Waals surface area contributed by atoms with Crippen LogP contribution in [0, 0.1) is 17.7 Å². The molecule has 0 spiro atoms. The highest BCUT2D eigenvalue weighted by molar-refractivity contribution is 7.89. The van der Waals surface area contributed by atoms with Crippen LogP contribution in [-0.4, -0.2) is 20.8 Å². The molecule has 0 bridgehead atoms. The molecular formula is C13H17ClFNO2S. The Bertz CT molecular complexity index is 535. The fraction of sp³-hybridized carbons (Fsp3) is 0.538. The van der Waals surface area contributed by atoms with Gasteiger partial charge in [0.15, 0.2) is 0 Å². The lowest BCUT2D eigenvalue weighted by Crippen LogP contribution is -2.31. The van der Waals surface area contributed by atoms with E-state index < -0.39 is 15.8 Å². The second-order valence-corrected chi connectivity index (χ2v) is 6.93. The minimum Gasteiger partial charge on any atom is -0.211 e. The molecular weight excluding hydrogens is 289 g/mol. The minimum absolute atomic E-state index is 0.249. The fourth-order valence-electron chi connectivity index (χ4n) is 2.54. The van der Waals surface area contributed by atoms with Gasteiger partial charge in [0.1, 0.15) is 10.7 Å². The normalized spacial score (nSPS) is 23.7. The quantitative estimate of drug-likeness (QED) is 0.850. The van der Waals surface area contributed by atoms with E-state index in [1.807, 2.05) is 0 Å². The van der Waals surface area contributed by atoms with E-state index in [2.05, 4.69) is 4.72 Å². The van der Waals surface area contributed by atoms with Crippen molar-refractivity contribution in [1.29, 1.82) is 0 Å². The molecule has 106 valence electrons. The molecule has 19 heavy (non-hydrogen) atoms. The lowest BCUT2D eigenvalue weighted by Gasteiger charge is -2.17. The zero-order chi connectivity index (χ0) is 13.9. The van der Waals surface area contributed by atoms with Crippen molar-refractivity contribution >= 4 is 21.6 Å². The molecule has 1 fully saturated rings. The van der Waals surface area contributed by atoms with E-state index in [9.17, 15) is 12.8 Å². The van der Waals surface area contributed by atoms with Crippen molar-refractivity contribution in [1.82, 2.24) is 4.72 Å². The summed E-state index contributed by atoms with van der Waals surface area (Å²) in [6.45, 7) is 0.327. The number of sulfonamides is 1. The Morgan fingerprint density at radius 3 is 2.63 bits per heavy atom. The summed E-state index contributed by atoms with van der Waals surface area (Å²) in [4.78, 5) is -0.296. The predicted octanol–water partition coefficient (Wildman–Crippen LogP) is 2.76. The van der Waals surface area contributed by atoms with Gasteiger partial charge in [-0.1, -0.05) is 18.6 Å². The second kappa shape index (κ2) is 6.20. The van der Waals surface area contributed by atoms with Crippen LogP contribution in [-0.2, 0) is 10.0 Å². The molecule has 0 saturated heterocycles. The van der Waals surface area contributed by atoms with Gasteiger partial charge in [-0.25, -0.2) is 17.5 Å². The largest absolute Gasteiger partial charge is 0.243 e. The highest BCUT2D eigenvalue weighted by atomic mass is 35.5. The van der Waals surface area contributed by atoms with Gasteiger partial charge in [-0.2, -0.15) is 0 Å². The lowest BCUT2D eigenvalue weighted by atomic mass is 9.98. The number of rotatable bonds is 5. The van der Waals surface area contributed by atoms with Gasteiger partial charge in [0.25, 0.3) is 0 Å². The first kappa shape index (κ1) is 14.8. The Hall–Kier alpha value is -0.650. The second-order valence-electron chi connectivity index (χ2n) is 4.89. The first-order valence-corrected chi connectivity index (χ1v) is 8.36. The average Bonchev–Trinajstić information content (AvgIpc) is 2.84. The van der Waals surface area contributed by atoms with Gasteiger partial charge in [-0.15, -0.1) is 11.6 Å². The number of hydrogen-bond donors (Lipinski definition) is 1. The Balaban J connectivity index is 2.04. The third-order valence-corrected chi connectivity index (χ3v) is 5.53. The van der Waals surface area contributed by atoms with Gasteiger partial charge in [-0.3, -0.25) is 0 Å². The maximum absolute atomic E-state index is 13.5. The van der Waals surface area contributed by atoms with Crippen LogP contribution in [0.15, 0.2) is 29.2 Å². The van der Waals surface area contributed by atoms with Crippen LogP contribution in [0.5, 0.6) is 0 Å². The summed E-state index contributed by atoms with van der Waals surface area (Å²) < 4.78 is 40.0. The average molecular weight is 306 g/mol. The fourth-order valence-corrected chi connectivity index (χ4v) is 4.12. The van der Waals surface area contributed by atoms with Crippen molar-refractivity contribution in [3.63, 3.8) is 0 Å². The molecule has 6 heteroatoms. The minimum atomic E-state index is -3.78. The van der Waals surface area contributed by atoms with Crippen molar-refractivity contribution in [2.24, 2.45) is 11.8 Å². The summed E-state index contributed by atoms with van der Waals surface area (Å²) in [6, 6.07) is 5.39. The molecule has 1 aromatic carbocycles. The SMILES string of the molecule is O=S(=O)(NCC1CCCC1CCl)c1ccccc1F. The maximum atomic E-state index is 13.5. The standard InChI is InChI=1S/C13H17ClFNO2S/c14-8-10-4-3-5-11(10)9-16-19(17,18)13-7-2-1-6-12(13)15/h1-2,6-7,10-11,16H,3-5,8-9H2. The van der Waals surface area contributed by atoms with Crippen LogP contribution in [0.25, 0.3) is 0 Å². The van der Waals surface area contributed by atoms with E-state index in [4.69, 9.17) is 11.6 Å². The van der Waals surface area contributed by atoms with Crippen LogP contribution in [0.1, 0.15) is 19.3 Å². The van der Waals surface area contributed by atoms with E-state index >= 15 is 0 Å². The van der Waals surface area contributed by atoms with E-state index in [-0.39, 0.29) is 10.8 Å². The number of halogens is 2. The van der Waals surface area contributed by atoms with Crippen LogP contribution in [0.2, 0.25) is 0 Å². The third-order valence-electron chi connectivity index (χ3n) is 3.68. The third kappa shape index (κ3) is 3.46. The zero-order valence-corrected chi connectivity index (χ0v) is 12.1. The molecule has 0 heterocycles. The molecule has 1 saturated carbocycles. The van der Waals surface area contributed by atoms with Crippen LogP contribution >= 0.6 is 11.6 Å². The van der Waals surface area contributed by atoms with Crippen molar-refractivity contribution in [2.75, 3.05) is 12.4 Å². The topological polar surface area (TPSA) is 46.2 Å². The molecule has 2 unspecified atom stereocenters. The molecule has 2 rings (SSSR count). The van der Waals surface area contributed by atoms with Gasteiger partial charge in [0, 0.05) is 12.4 Å². The van der Waals surface area contributed by atoms with E-state index in [1.54, 1.807) is 0 Å². The van der Waals surface area contributed by atoms with Crippen LogP contribution in [0.4, 0.5) is 4.39 Å². The highest BCUT2D eigenvalue weighted by Crippen LogP contribution is 2.32. The van der Waals surface area contributed by atoms with Gasteiger partial charge < -0.3 is 0 Å². The molecule has 2 atom stereocenters. The van der Waals surface area contributed by atoms with E-state index in [0.717, 1.165) is 25.3 Å². The van der Waals surface area contributed by atoms with Gasteiger partial charge >= 0.3 is 0 Å². The monoisotopic (exact) mass is 305 g/mol. The molecule has 0 radical (unpaired) electrons. The van der Waals surface area contributed by atoms with Crippen molar-refractivity contribution < 1.29 is 12.8 Å². The van der Waals surface area contributed by atoms with Crippen LogP contribution < -0.4 is 4.72 Å². The molecule has 0 aromatic heterocycles. The lowest BCUT2D eigenvalue weighted by molar-refractivity contribution is 0.418. The number of hydrogen-bond acceptors (Lipinski definition) is 2. The van der Waals surface area contributed by atoms with Crippen molar-refractivity contribution in [3.8, 4) is 0 Å². The molecule has 1 N–H and O–H groups in total. The van der Waals surface area contributed by atoms with Gasteiger partial charge in [0.05, 0.1) is 0 Å². The number of benzene rings is 1. The highest BCUT2D eigenvalue weighted by Gasteiger charge is 2.28. The molecule has 0 amide bonds. The molecule has 1 aliphatic rings. The van der Waals surface area contributed by atoms with Gasteiger partial charge in [-0.05, 0) is 36.8 Å². The van der Waals surface area contributed by atoms with Crippen molar-refractivity contribution in [2.45, 2.75) is 24.2 Å². The van der Waals surface area contributed by atoms with Crippen molar-refractivity contribution in [3.05, 3.63) is 30.1 Å². The summed E-state index contributed by atoms with van der Waals surface area (Å²) in [5.74, 6) is 0.422. The molecule has 0 aliphatic heterocycles. The molecule has 1 aromatic rings. The number of alkyl halides is 1. The first-order chi connectivity index (χ1) is 9.04. The first-order valence-electron chi connectivity index (χ1n) is 6.35. The Morgan fingerprint density at radius 2 is 1.95 bits per heavy atom. The Morgan fingerprint density at radius 1 is 1.26 bits per heavy atom. The Kier molecular flexibility index (Phi) is 4.81. The Labute approximate surface area is 118 Å². The smallest absolute Gasteiger partial charge is 0.211 e. The molecule has 3 nitrogen and oxygen atoms in total. The summed E-state index contributed by atoms with van der Waals surface area (Å²) in [7, 11) is -3.78.